The maximum absolute atomic E-state index is 12.9. The van der Waals surface area contributed by atoms with Gasteiger partial charge in [0.15, 0.2) is 5.65 Å². The van der Waals surface area contributed by atoms with Crippen molar-refractivity contribution in [2.24, 2.45) is 5.92 Å². The molecule has 2 aliphatic carbocycles. The topological polar surface area (TPSA) is 90.0 Å². The average molecular weight is 484 g/mol. The summed E-state index contributed by atoms with van der Waals surface area (Å²) in [6.07, 6.45) is 8.78. The summed E-state index contributed by atoms with van der Waals surface area (Å²) in [6, 6.07) is 13.7. The minimum Gasteiger partial charge on any atom is -0.310 e. The van der Waals surface area contributed by atoms with Crippen molar-refractivity contribution in [2.75, 3.05) is 5.32 Å². The highest BCUT2D eigenvalue weighted by Crippen LogP contribution is 2.48. The van der Waals surface area contributed by atoms with Crippen LogP contribution in [0.2, 0.25) is 5.02 Å². The Hall–Kier alpha value is -3.78. The number of fused-ring (bicyclic) bond motifs is 2. The lowest BCUT2D eigenvalue weighted by molar-refractivity contribution is -0.117. The van der Waals surface area contributed by atoms with Crippen molar-refractivity contribution in [2.45, 2.75) is 37.6 Å². The molecule has 174 valence electrons. The zero-order valence-electron chi connectivity index (χ0n) is 18.8. The van der Waals surface area contributed by atoms with Crippen LogP contribution < -0.4 is 5.32 Å². The van der Waals surface area contributed by atoms with Crippen LogP contribution in [0.15, 0.2) is 61.1 Å². The third-order valence-corrected chi connectivity index (χ3v) is 7.07. The standard InChI is InChI=1S/C26H22ClN7O/c27-17-3-1-2-16(10-17)19-11-20(19)26(35)30-25-21-14-33(31-23(21)8-9-28-25)12-18-13-34-24(29-18)7-6-22(32-34)15-4-5-15/h1-3,6-10,13-15,19-20H,4-5,11-12H2,(H,28,30,35)/t19-,20+/m1/s1. The smallest absolute Gasteiger partial charge is 0.229 e. The van der Waals surface area contributed by atoms with Gasteiger partial charge in [0.05, 0.1) is 35.0 Å². The second kappa shape index (κ2) is 7.88. The van der Waals surface area contributed by atoms with E-state index in [0.29, 0.717) is 23.3 Å². The molecule has 0 unspecified atom stereocenters. The van der Waals surface area contributed by atoms with Crippen LogP contribution in [0.4, 0.5) is 5.82 Å². The minimum atomic E-state index is -0.0772. The Labute approximate surface area is 206 Å². The van der Waals surface area contributed by atoms with Crippen molar-refractivity contribution >= 4 is 39.9 Å². The Morgan fingerprint density at radius 1 is 1.11 bits per heavy atom. The maximum Gasteiger partial charge on any atom is 0.229 e. The Kier molecular flexibility index (Phi) is 4.63. The lowest BCUT2D eigenvalue weighted by atomic mass is 10.1. The number of carbonyl (C=O) groups excluding carboxylic acids is 1. The fourth-order valence-electron chi connectivity index (χ4n) is 4.76. The molecule has 0 spiro atoms. The second-order valence-corrected chi connectivity index (χ2v) is 9.92. The minimum absolute atomic E-state index is 0.0272. The number of nitrogens with zero attached hydrogens (tertiary/aromatic N) is 6. The van der Waals surface area contributed by atoms with Crippen molar-refractivity contribution in [1.82, 2.24) is 29.4 Å². The van der Waals surface area contributed by atoms with Crippen LogP contribution in [0.1, 0.15) is 48.0 Å². The number of amides is 1. The van der Waals surface area contributed by atoms with E-state index in [1.165, 1.54) is 12.8 Å². The fraction of sp³-hybridized carbons (Fsp3) is 0.269. The van der Waals surface area contributed by atoms with Gasteiger partial charge in [0.1, 0.15) is 5.82 Å². The van der Waals surface area contributed by atoms with Gasteiger partial charge in [-0.05, 0) is 61.1 Å². The van der Waals surface area contributed by atoms with Gasteiger partial charge in [-0.2, -0.15) is 10.2 Å². The van der Waals surface area contributed by atoms with Gasteiger partial charge >= 0.3 is 0 Å². The summed E-state index contributed by atoms with van der Waals surface area (Å²) in [5.74, 6) is 1.22. The highest BCUT2D eigenvalue weighted by atomic mass is 35.5. The number of aromatic nitrogens is 6. The number of halogens is 1. The van der Waals surface area contributed by atoms with E-state index in [-0.39, 0.29) is 17.7 Å². The number of benzene rings is 1. The molecule has 7 rings (SSSR count). The van der Waals surface area contributed by atoms with Gasteiger partial charge in [-0.1, -0.05) is 23.7 Å². The molecule has 4 heterocycles. The summed E-state index contributed by atoms with van der Waals surface area (Å²) in [4.78, 5) is 22.0. The summed E-state index contributed by atoms with van der Waals surface area (Å²) in [5, 5.41) is 13.9. The van der Waals surface area contributed by atoms with Gasteiger partial charge in [0, 0.05) is 29.3 Å². The lowest BCUT2D eigenvalue weighted by Crippen LogP contribution is -2.15. The van der Waals surface area contributed by atoms with Crippen LogP contribution in [0.5, 0.6) is 0 Å². The molecular formula is C26H22ClN7O. The first kappa shape index (κ1) is 20.6. The summed E-state index contributed by atoms with van der Waals surface area (Å²) in [5.41, 5.74) is 4.71. The first-order valence-corrected chi connectivity index (χ1v) is 12.2. The van der Waals surface area contributed by atoms with Crippen molar-refractivity contribution in [1.29, 1.82) is 0 Å². The summed E-state index contributed by atoms with van der Waals surface area (Å²) in [7, 11) is 0. The molecule has 0 radical (unpaired) electrons. The molecule has 1 N–H and O–H groups in total. The average Bonchev–Trinajstić information content (AvgIpc) is 3.76. The van der Waals surface area contributed by atoms with E-state index in [9.17, 15) is 4.79 Å². The van der Waals surface area contributed by atoms with Gasteiger partial charge < -0.3 is 5.32 Å². The molecular weight excluding hydrogens is 462 g/mol. The Balaban J connectivity index is 1.09. The molecule has 9 heteroatoms. The number of rotatable bonds is 6. The van der Waals surface area contributed by atoms with Crippen LogP contribution in [0, 0.1) is 5.92 Å². The number of pyridine rings is 1. The first-order valence-electron chi connectivity index (χ1n) is 11.8. The van der Waals surface area contributed by atoms with Crippen LogP contribution in [0.25, 0.3) is 16.6 Å². The summed E-state index contributed by atoms with van der Waals surface area (Å²) >= 11 is 6.12. The predicted molar refractivity (Wildman–Crippen MR) is 133 cm³/mol. The molecule has 0 saturated heterocycles. The quantitative estimate of drug-likeness (QED) is 0.375. The molecule has 0 bridgehead atoms. The maximum atomic E-state index is 12.9. The molecule has 5 aromatic rings. The normalized spacial score (nSPS) is 19.3. The van der Waals surface area contributed by atoms with E-state index in [0.717, 1.165) is 39.9 Å². The number of carbonyl (C=O) groups is 1. The Morgan fingerprint density at radius 3 is 2.89 bits per heavy atom. The summed E-state index contributed by atoms with van der Waals surface area (Å²) < 4.78 is 3.68. The van der Waals surface area contributed by atoms with Crippen molar-refractivity contribution in [3.8, 4) is 0 Å². The predicted octanol–water partition coefficient (Wildman–Crippen LogP) is 4.80. The van der Waals surface area contributed by atoms with Crippen LogP contribution in [-0.4, -0.2) is 35.3 Å². The zero-order valence-corrected chi connectivity index (χ0v) is 19.6. The fourth-order valence-corrected chi connectivity index (χ4v) is 4.96. The number of anilines is 1. The molecule has 2 atom stereocenters. The SMILES string of the molecule is O=C(Nc1nccc2nn(Cc3cn4nc(C5CC5)ccc4n3)cc12)[C@H]1C[C@@H]1c1cccc(Cl)c1. The van der Waals surface area contributed by atoms with Gasteiger partial charge in [0.25, 0.3) is 0 Å². The number of imidazole rings is 1. The number of nitrogens with one attached hydrogen (secondary N) is 1. The second-order valence-electron chi connectivity index (χ2n) is 9.48. The van der Waals surface area contributed by atoms with E-state index >= 15 is 0 Å². The third kappa shape index (κ3) is 3.93. The highest BCUT2D eigenvalue weighted by Gasteiger charge is 2.44. The Morgan fingerprint density at radius 2 is 2.03 bits per heavy atom. The van der Waals surface area contributed by atoms with Gasteiger partial charge in [0.2, 0.25) is 5.91 Å². The lowest BCUT2D eigenvalue weighted by Gasteiger charge is -2.05. The van der Waals surface area contributed by atoms with Crippen LogP contribution in [-0.2, 0) is 11.3 Å². The molecule has 35 heavy (non-hydrogen) atoms. The zero-order chi connectivity index (χ0) is 23.5. The molecule has 2 aliphatic rings. The van der Waals surface area contributed by atoms with E-state index < -0.39 is 0 Å². The van der Waals surface area contributed by atoms with Crippen LogP contribution >= 0.6 is 11.6 Å². The number of hydrogen-bond donors (Lipinski definition) is 1. The molecule has 2 saturated carbocycles. The van der Waals surface area contributed by atoms with E-state index in [1.54, 1.807) is 6.20 Å². The monoisotopic (exact) mass is 483 g/mol. The van der Waals surface area contributed by atoms with Gasteiger partial charge in [-0.3, -0.25) is 9.48 Å². The van der Waals surface area contributed by atoms with E-state index in [4.69, 9.17) is 16.7 Å². The Bertz CT molecular complexity index is 1600. The van der Waals surface area contributed by atoms with E-state index in [2.05, 4.69) is 26.4 Å². The summed E-state index contributed by atoms with van der Waals surface area (Å²) in [6.45, 7) is 0.504. The molecule has 4 aromatic heterocycles. The van der Waals surface area contributed by atoms with Crippen LogP contribution in [0.3, 0.4) is 0 Å². The van der Waals surface area contributed by atoms with Crippen molar-refractivity contribution in [3.63, 3.8) is 0 Å². The van der Waals surface area contributed by atoms with Gasteiger partial charge in [-0.15, -0.1) is 0 Å². The first-order chi connectivity index (χ1) is 17.1. The van der Waals surface area contributed by atoms with Gasteiger partial charge in [-0.25, -0.2) is 14.5 Å². The molecule has 8 nitrogen and oxygen atoms in total. The van der Waals surface area contributed by atoms with Crippen molar-refractivity contribution in [3.05, 3.63) is 83.0 Å². The third-order valence-electron chi connectivity index (χ3n) is 6.84. The van der Waals surface area contributed by atoms with E-state index in [1.807, 2.05) is 58.0 Å². The molecule has 1 amide bonds. The largest absolute Gasteiger partial charge is 0.310 e. The van der Waals surface area contributed by atoms with Crippen molar-refractivity contribution < 1.29 is 4.79 Å². The highest BCUT2D eigenvalue weighted by molar-refractivity contribution is 6.30. The molecule has 1 aromatic carbocycles. The molecule has 0 aliphatic heterocycles. The number of hydrogen-bond acceptors (Lipinski definition) is 5. The molecule has 2 fully saturated rings.